The lowest BCUT2D eigenvalue weighted by Gasteiger charge is -2.22. The van der Waals surface area contributed by atoms with E-state index in [0.717, 1.165) is 25.7 Å². The number of rotatable bonds is 3. The first-order chi connectivity index (χ1) is 11.3. The molecule has 1 saturated carbocycles. The zero-order valence-electron chi connectivity index (χ0n) is 12.7. The van der Waals surface area contributed by atoms with Crippen LogP contribution in [0.15, 0.2) is 30.6 Å². The summed E-state index contributed by atoms with van der Waals surface area (Å²) in [6, 6.07) is 7.30. The van der Waals surface area contributed by atoms with Crippen molar-refractivity contribution in [2.45, 2.75) is 38.1 Å². The molecule has 23 heavy (non-hydrogen) atoms. The van der Waals surface area contributed by atoms with Crippen LogP contribution in [0.3, 0.4) is 0 Å². The van der Waals surface area contributed by atoms with Gasteiger partial charge in [0, 0.05) is 12.2 Å². The quantitative estimate of drug-likeness (QED) is 0.910. The second-order valence-corrected chi connectivity index (χ2v) is 5.55. The Morgan fingerprint density at radius 2 is 2.13 bits per heavy atom. The number of nitriles is 1. The highest BCUT2D eigenvalue weighted by Gasteiger charge is 2.19. The van der Waals surface area contributed by atoms with Gasteiger partial charge in [0.2, 0.25) is 0 Å². The van der Waals surface area contributed by atoms with E-state index in [1.54, 1.807) is 18.3 Å². The van der Waals surface area contributed by atoms with Gasteiger partial charge in [-0.2, -0.15) is 15.0 Å². The Bertz CT molecular complexity index is 712. The summed E-state index contributed by atoms with van der Waals surface area (Å²) in [5, 5.41) is 19.1. The van der Waals surface area contributed by atoms with E-state index in [0.29, 0.717) is 17.2 Å². The number of carbonyl (C=O) groups is 1. The number of anilines is 1. The summed E-state index contributed by atoms with van der Waals surface area (Å²) < 4.78 is 1.46. The van der Waals surface area contributed by atoms with Crippen LogP contribution in [0.4, 0.5) is 10.6 Å². The molecule has 118 valence electrons. The zero-order valence-corrected chi connectivity index (χ0v) is 12.7. The van der Waals surface area contributed by atoms with E-state index in [4.69, 9.17) is 0 Å². The summed E-state index contributed by atoms with van der Waals surface area (Å²) in [6.07, 6.45) is 8.56. The predicted molar refractivity (Wildman–Crippen MR) is 85.1 cm³/mol. The fourth-order valence-electron chi connectivity index (χ4n) is 2.78. The molecule has 2 amide bonds. The summed E-state index contributed by atoms with van der Waals surface area (Å²) in [5.41, 5.74) is 0.300. The second-order valence-electron chi connectivity index (χ2n) is 5.55. The van der Waals surface area contributed by atoms with E-state index < -0.39 is 0 Å². The van der Waals surface area contributed by atoms with Crippen molar-refractivity contribution < 1.29 is 4.79 Å². The Balaban J connectivity index is 1.77. The van der Waals surface area contributed by atoms with Crippen LogP contribution in [0.2, 0.25) is 0 Å². The minimum atomic E-state index is -0.314. The standard InChI is InChI=1S/C16H18N6O/c17-10-12-11-19-22(14-8-4-5-9-18-14)15(12)21-16(23)20-13-6-2-1-3-7-13/h4-5,8-9,11,13H,1-3,6-7H2,(H2,20,21,23). The van der Waals surface area contributed by atoms with E-state index in [2.05, 4.69) is 20.7 Å². The van der Waals surface area contributed by atoms with Crippen LogP contribution in [0.1, 0.15) is 37.7 Å². The smallest absolute Gasteiger partial charge is 0.320 e. The molecule has 0 saturated heterocycles. The van der Waals surface area contributed by atoms with Crippen LogP contribution in [0.5, 0.6) is 0 Å². The van der Waals surface area contributed by atoms with Crippen molar-refractivity contribution in [1.82, 2.24) is 20.1 Å². The van der Waals surface area contributed by atoms with Crippen molar-refractivity contribution >= 4 is 11.8 Å². The molecule has 2 aromatic heterocycles. The molecule has 1 aliphatic rings. The Morgan fingerprint density at radius 3 is 2.83 bits per heavy atom. The molecule has 2 aromatic rings. The normalized spacial score (nSPS) is 14.9. The Kier molecular flexibility index (Phi) is 4.52. The van der Waals surface area contributed by atoms with Gasteiger partial charge in [-0.3, -0.25) is 5.32 Å². The Morgan fingerprint density at radius 1 is 1.30 bits per heavy atom. The number of aromatic nitrogens is 3. The molecule has 1 aliphatic carbocycles. The molecule has 0 atom stereocenters. The van der Waals surface area contributed by atoms with Crippen molar-refractivity contribution in [3.8, 4) is 11.9 Å². The minimum Gasteiger partial charge on any atom is -0.335 e. The van der Waals surface area contributed by atoms with Crippen molar-refractivity contribution in [2.24, 2.45) is 0 Å². The van der Waals surface area contributed by atoms with Crippen LogP contribution in [0.25, 0.3) is 5.82 Å². The van der Waals surface area contributed by atoms with Gasteiger partial charge in [0.05, 0.1) is 6.20 Å². The molecule has 0 spiro atoms. The maximum atomic E-state index is 12.2. The molecule has 7 nitrogen and oxygen atoms in total. The molecular formula is C16H18N6O. The highest BCUT2D eigenvalue weighted by atomic mass is 16.2. The van der Waals surface area contributed by atoms with E-state index in [1.807, 2.05) is 12.1 Å². The van der Waals surface area contributed by atoms with Gasteiger partial charge >= 0.3 is 6.03 Å². The first kappa shape index (κ1) is 15.0. The fraction of sp³-hybridized carbons (Fsp3) is 0.375. The third-order valence-electron chi connectivity index (χ3n) is 3.93. The van der Waals surface area contributed by atoms with E-state index in [-0.39, 0.29) is 12.1 Å². The third kappa shape index (κ3) is 3.48. The number of nitrogens with one attached hydrogen (secondary N) is 2. The van der Waals surface area contributed by atoms with Crippen molar-refractivity contribution in [2.75, 3.05) is 5.32 Å². The van der Waals surface area contributed by atoms with Gasteiger partial charge in [-0.1, -0.05) is 25.3 Å². The largest absolute Gasteiger partial charge is 0.335 e. The molecule has 0 aromatic carbocycles. The van der Waals surface area contributed by atoms with Crippen LogP contribution < -0.4 is 10.6 Å². The number of urea groups is 1. The first-order valence-electron chi connectivity index (χ1n) is 7.75. The number of nitrogens with zero attached hydrogens (tertiary/aromatic N) is 4. The molecule has 7 heteroatoms. The molecular weight excluding hydrogens is 292 g/mol. The van der Waals surface area contributed by atoms with Gasteiger partial charge in [0.25, 0.3) is 0 Å². The second kappa shape index (κ2) is 6.92. The highest BCUT2D eigenvalue weighted by Crippen LogP contribution is 2.20. The van der Waals surface area contributed by atoms with Crippen LogP contribution in [-0.2, 0) is 0 Å². The van der Waals surface area contributed by atoms with E-state index >= 15 is 0 Å². The lowest BCUT2D eigenvalue weighted by molar-refractivity contribution is 0.244. The number of carbonyl (C=O) groups excluding carboxylic acids is 1. The van der Waals surface area contributed by atoms with Crippen molar-refractivity contribution in [3.63, 3.8) is 0 Å². The summed E-state index contributed by atoms with van der Waals surface area (Å²) in [5.74, 6) is 0.876. The van der Waals surface area contributed by atoms with Crippen LogP contribution in [-0.4, -0.2) is 26.8 Å². The zero-order chi connectivity index (χ0) is 16.1. The Hall–Kier alpha value is -2.88. The summed E-state index contributed by atoms with van der Waals surface area (Å²) in [6.45, 7) is 0. The SMILES string of the molecule is N#Cc1cnn(-c2ccccn2)c1NC(=O)NC1CCCCC1. The topological polar surface area (TPSA) is 95.6 Å². The first-order valence-corrected chi connectivity index (χ1v) is 7.75. The summed E-state index contributed by atoms with van der Waals surface area (Å²) in [7, 11) is 0. The van der Waals surface area contributed by atoms with E-state index in [1.165, 1.54) is 17.3 Å². The molecule has 2 N–H and O–H groups in total. The predicted octanol–water partition coefficient (Wildman–Crippen LogP) is 2.59. The fourth-order valence-corrected chi connectivity index (χ4v) is 2.78. The molecule has 2 heterocycles. The lowest BCUT2D eigenvalue weighted by Crippen LogP contribution is -2.39. The van der Waals surface area contributed by atoms with Gasteiger partial charge in [0.15, 0.2) is 11.6 Å². The number of hydrogen-bond donors (Lipinski definition) is 2. The van der Waals surface area contributed by atoms with Gasteiger partial charge in [-0.05, 0) is 25.0 Å². The average molecular weight is 310 g/mol. The van der Waals surface area contributed by atoms with Crippen molar-refractivity contribution in [1.29, 1.82) is 5.26 Å². The highest BCUT2D eigenvalue weighted by molar-refractivity contribution is 5.90. The molecule has 0 unspecified atom stereocenters. The molecule has 0 aliphatic heterocycles. The van der Waals surface area contributed by atoms with Crippen LogP contribution in [0, 0.1) is 11.3 Å². The van der Waals surface area contributed by atoms with Gasteiger partial charge in [-0.25, -0.2) is 9.78 Å². The maximum absolute atomic E-state index is 12.2. The number of hydrogen-bond acceptors (Lipinski definition) is 4. The molecule has 3 rings (SSSR count). The average Bonchev–Trinajstić information content (AvgIpc) is 2.99. The van der Waals surface area contributed by atoms with Gasteiger partial charge in [0.1, 0.15) is 11.6 Å². The summed E-state index contributed by atoms with van der Waals surface area (Å²) in [4.78, 5) is 16.4. The van der Waals surface area contributed by atoms with Gasteiger partial charge in [-0.15, -0.1) is 0 Å². The monoisotopic (exact) mass is 310 g/mol. The summed E-state index contributed by atoms with van der Waals surface area (Å²) >= 11 is 0. The number of amides is 2. The van der Waals surface area contributed by atoms with E-state index in [9.17, 15) is 10.1 Å². The molecule has 1 fully saturated rings. The van der Waals surface area contributed by atoms with Gasteiger partial charge < -0.3 is 5.32 Å². The Labute approximate surface area is 134 Å². The van der Waals surface area contributed by atoms with Crippen molar-refractivity contribution in [3.05, 3.63) is 36.2 Å². The maximum Gasteiger partial charge on any atom is 0.320 e. The number of pyridine rings is 1. The molecule has 0 bridgehead atoms. The van der Waals surface area contributed by atoms with Crippen LogP contribution >= 0.6 is 0 Å². The third-order valence-corrected chi connectivity index (χ3v) is 3.93. The molecule has 0 radical (unpaired) electrons. The minimum absolute atomic E-state index is 0.195. The lowest BCUT2D eigenvalue weighted by atomic mass is 9.96.